The van der Waals surface area contributed by atoms with Crippen LogP contribution in [0.3, 0.4) is 0 Å². The first kappa shape index (κ1) is 15.3. The Morgan fingerprint density at radius 1 is 1.48 bits per heavy atom. The molecular weight excluding hydrogens is 321 g/mol. The molecule has 0 spiro atoms. The predicted molar refractivity (Wildman–Crippen MR) is 75.8 cm³/mol. The molecule has 0 bridgehead atoms. The zero-order chi connectivity index (χ0) is 15.6. The first-order valence-electron chi connectivity index (χ1n) is 5.66. The second-order valence-electron chi connectivity index (χ2n) is 4.05. The van der Waals surface area contributed by atoms with Gasteiger partial charge in [-0.15, -0.1) is 0 Å². The van der Waals surface area contributed by atoms with E-state index in [1.807, 2.05) is 0 Å². The summed E-state index contributed by atoms with van der Waals surface area (Å²) in [6.07, 6.45) is 1.24. The van der Waals surface area contributed by atoms with Crippen LogP contribution in [0.4, 0.5) is 5.82 Å². The summed E-state index contributed by atoms with van der Waals surface area (Å²) >= 11 is 11.8. The number of halogens is 2. The second-order valence-corrected chi connectivity index (χ2v) is 4.89. The summed E-state index contributed by atoms with van der Waals surface area (Å²) in [5, 5.41) is 15.5. The van der Waals surface area contributed by atoms with Gasteiger partial charge in [0, 0.05) is 10.0 Å². The van der Waals surface area contributed by atoms with Crippen molar-refractivity contribution in [3.63, 3.8) is 0 Å². The Morgan fingerprint density at radius 3 is 2.76 bits per heavy atom. The average molecular weight is 330 g/mol. The van der Waals surface area contributed by atoms with Crippen molar-refractivity contribution >= 4 is 35.0 Å². The Hall–Kier alpha value is -2.12. The number of carbonyl (C=O) groups excluding carboxylic acids is 1. The maximum Gasteiger partial charge on any atom is 0.404 e. The van der Waals surface area contributed by atoms with E-state index in [0.29, 0.717) is 15.6 Å². The molecule has 0 aliphatic heterocycles. The fraction of sp³-hybridized carbons (Fsp3) is 0.167. The summed E-state index contributed by atoms with van der Waals surface area (Å²) in [6, 6.07) is 4.87. The third-order valence-electron chi connectivity index (χ3n) is 2.67. The van der Waals surface area contributed by atoms with Gasteiger partial charge in [0.05, 0.1) is 25.0 Å². The largest absolute Gasteiger partial charge is 0.465 e. The van der Waals surface area contributed by atoms with Gasteiger partial charge in [0.15, 0.2) is 5.56 Å². The maximum atomic E-state index is 11.5. The monoisotopic (exact) mass is 329 g/mol. The summed E-state index contributed by atoms with van der Waals surface area (Å²) in [5.74, 6) is -1.39. The van der Waals surface area contributed by atoms with Crippen molar-refractivity contribution in [1.82, 2.24) is 9.78 Å². The van der Waals surface area contributed by atoms with Crippen LogP contribution in [0.2, 0.25) is 10.0 Å². The van der Waals surface area contributed by atoms with E-state index in [9.17, 15) is 14.9 Å². The van der Waals surface area contributed by atoms with E-state index >= 15 is 0 Å². The number of hydrogen-bond acceptors (Lipinski definition) is 5. The molecule has 0 atom stereocenters. The molecule has 0 aliphatic carbocycles. The number of methoxy groups -OCH3 is 1. The van der Waals surface area contributed by atoms with Crippen molar-refractivity contribution in [1.29, 1.82) is 0 Å². The number of ether oxygens (including phenoxy) is 1. The molecular formula is C12H9Cl2N3O4. The van der Waals surface area contributed by atoms with Crippen LogP contribution in [0.5, 0.6) is 0 Å². The Labute approximate surface area is 129 Å². The topological polar surface area (TPSA) is 87.3 Å². The van der Waals surface area contributed by atoms with E-state index in [4.69, 9.17) is 23.2 Å². The molecule has 110 valence electrons. The predicted octanol–water partition coefficient (Wildman–Crippen LogP) is 2.93. The molecule has 7 nitrogen and oxygen atoms in total. The third-order valence-corrected chi connectivity index (χ3v) is 3.25. The molecule has 21 heavy (non-hydrogen) atoms. The number of hydrogen-bond donors (Lipinski definition) is 0. The highest BCUT2D eigenvalue weighted by atomic mass is 35.5. The van der Waals surface area contributed by atoms with E-state index in [1.54, 1.807) is 18.2 Å². The normalized spacial score (nSPS) is 10.4. The molecule has 0 N–H and O–H groups in total. The van der Waals surface area contributed by atoms with Crippen LogP contribution in [0.1, 0.15) is 15.9 Å². The number of aromatic nitrogens is 2. The molecule has 9 heteroatoms. The van der Waals surface area contributed by atoms with Gasteiger partial charge < -0.3 is 14.9 Å². The summed E-state index contributed by atoms with van der Waals surface area (Å²) < 4.78 is 5.74. The molecule has 2 aromatic rings. The minimum Gasteiger partial charge on any atom is -0.465 e. The van der Waals surface area contributed by atoms with Gasteiger partial charge in [0.1, 0.15) is 0 Å². The van der Waals surface area contributed by atoms with Crippen molar-refractivity contribution < 1.29 is 14.5 Å². The number of carbonyl (C=O) groups is 1. The minimum absolute atomic E-state index is 0.161. The standard InChI is InChI=1S/C12H9Cl2N3O4/c1-21-12(18)9-6-16(15-11(9)17(19)20)5-7-2-3-8(13)4-10(7)14/h2-4,6H,5H2,1H3. The molecule has 0 unspecified atom stereocenters. The number of rotatable bonds is 4. The van der Waals surface area contributed by atoms with E-state index in [-0.39, 0.29) is 12.1 Å². The van der Waals surface area contributed by atoms with Crippen LogP contribution >= 0.6 is 23.2 Å². The molecule has 1 aromatic carbocycles. The number of benzene rings is 1. The van der Waals surface area contributed by atoms with Gasteiger partial charge in [-0.1, -0.05) is 29.3 Å². The second kappa shape index (κ2) is 6.11. The summed E-state index contributed by atoms with van der Waals surface area (Å²) in [7, 11) is 1.14. The van der Waals surface area contributed by atoms with Crippen molar-refractivity contribution in [3.8, 4) is 0 Å². The SMILES string of the molecule is COC(=O)c1cn(Cc2ccc(Cl)cc2Cl)nc1[N+](=O)[O-]. The van der Waals surface area contributed by atoms with E-state index < -0.39 is 16.7 Å². The van der Waals surface area contributed by atoms with Crippen molar-refractivity contribution in [3.05, 3.63) is 55.7 Å². The molecule has 1 heterocycles. The van der Waals surface area contributed by atoms with Crippen molar-refractivity contribution in [2.24, 2.45) is 0 Å². The molecule has 0 saturated heterocycles. The van der Waals surface area contributed by atoms with Crippen LogP contribution in [-0.4, -0.2) is 27.8 Å². The molecule has 2 rings (SSSR count). The van der Waals surface area contributed by atoms with E-state index in [1.165, 1.54) is 10.9 Å². The van der Waals surface area contributed by atoms with Crippen LogP contribution in [-0.2, 0) is 11.3 Å². The van der Waals surface area contributed by atoms with Crippen LogP contribution < -0.4 is 0 Å². The lowest BCUT2D eigenvalue weighted by Gasteiger charge is -2.02. The fourth-order valence-electron chi connectivity index (χ4n) is 1.71. The quantitative estimate of drug-likeness (QED) is 0.489. The lowest BCUT2D eigenvalue weighted by atomic mass is 10.2. The first-order valence-corrected chi connectivity index (χ1v) is 6.42. The van der Waals surface area contributed by atoms with Gasteiger partial charge in [-0.25, -0.2) is 4.79 Å². The fourth-order valence-corrected chi connectivity index (χ4v) is 2.17. The number of esters is 1. The highest BCUT2D eigenvalue weighted by Gasteiger charge is 2.27. The zero-order valence-electron chi connectivity index (χ0n) is 10.7. The van der Waals surface area contributed by atoms with Crippen molar-refractivity contribution in [2.75, 3.05) is 7.11 Å². The lowest BCUT2D eigenvalue weighted by Crippen LogP contribution is -2.03. The van der Waals surface area contributed by atoms with Gasteiger partial charge >= 0.3 is 11.8 Å². The van der Waals surface area contributed by atoms with Gasteiger partial charge in [-0.2, -0.15) is 4.68 Å². The molecule has 0 radical (unpaired) electrons. The van der Waals surface area contributed by atoms with Crippen LogP contribution in [0.25, 0.3) is 0 Å². The third kappa shape index (κ3) is 3.32. The van der Waals surface area contributed by atoms with Gasteiger partial charge in [0.2, 0.25) is 0 Å². The molecule has 0 aliphatic rings. The molecule has 1 aromatic heterocycles. The summed E-state index contributed by atoms with van der Waals surface area (Å²) in [4.78, 5) is 21.6. The van der Waals surface area contributed by atoms with Gasteiger partial charge in [0.25, 0.3) is 0 Å². The van der Waals surface area contributed by atoms with E-state index in [0.717, 1.165) is 7.11 Å². The average Bonchev–Trinajstić information content (AvgIpc) is 2.85. The van der Waals surface area contributed by atoms with Gasteiger partial charge in [-0.05, 0) is 22.6 Å². The number of nitro groups is 1. The summed E-state index contributed by atoms with van der Waals surface area (Å²) in [5.41, 5.74) is 0.447. The smallest absolute Gasteiger partial charge is 0.404 e. The van der Waals surface area contributed by atoms with Gasteiger partial charge in [-0.3, -0.25) is 0 Å². The Balaban J connectivity index is 2.37. The number of nitrogens with zero attached hydrogens (tertiary/aromatic N) is 3. The highest BCUT2D eigenvalue weighted by Crippen LogP contribution is 2.23. The zero-order valence-corrected chi connectivity index (χ0v) is 12.3. The van der Waals surface area contributed by atoms with Crippen LogP contribution in [0.15, 0.2) is 24.4 Å². The lowest BCUT2D eigenvalue weighted by molar-refractivity contribution is -0.390. The minimum atomic E-state index is -0.824. The highest BCUT2D eigenvalue weighted by molar-refractivity contribution is 6.35. The Bertz CT molecular complexity index is 715. The first-order chi connectivity index (χ1) is 9.92. The maximum absolute atomic E-state index is 11.5. The molecule has 0 fully saturated rings. The molecule has 0 saturated carbocycles. The van der Waals surface area contributed by atoms with E-state index in [2.05, 4.69) is 9.84 Å². The Kier molecular flexibility index (Phi) is 4.44. The van der Waals surface area contributed by atoms with Crippen LogP contribution in [0, 0.1) is 10.1 Å². The van der Waals surface area contributed by atoms with Crippen molar-refractivity contribution in [2.45, 2.75) is 6.54 Å². The molecule has 0 amide bonds. The Morgan fingerprint density at radius 2 is 2.19 bits per heavy atom. The summed E-state index contributed by atoms with van der Waals surface area (Å²) in [6.45, 7) is 0.161.